The van der Waals surface area contributed by atoms with Gasteiger partial charge in [-0.25, -0.2) is 0 Å². The SMILES string of the molecule is Cc1coc[n+]1C. The van der Waals surface area contributed by atoms with E-state index in [1.54, 1.807) is 12.7 Å². The molecule has 0 amide bonds. The third-order valence-electron chi connectivity index (χ3n) is 1.01. The zero-order valence-electron chi connectivity index (χ0n) is 4.51. The maximum atomic E-state index is 4.81. The largest absolute Gasteiger partial charge is 0.412 e. The molecule has 0 radical (unpaired) electrons. The molecule has 0 aromatic carbocycles. The Bertz CT molecular complexity index is 140. The Labute approximate surface area is 42.4 Å². The second-order valence-corrected chi connectivity index (χ2v) is 1.61. The fraction of sp³-hybridized carbons (Fsp3) is 0.400. The van der Waals surface area contributed by atoms with Gasteiger partial charge in [-0.15, -0.1) is 0 Å². The minimum absolute atomic E-state index is 1.14. The number of oxazole rings is 1. The molecule has 38 valence electrons. The number of nitrogens with zero attached hydrogens (tertiary/aromatic N) is 1. The lowest BCUT2D eigenvalue weighted by atomic mass is 10.6. The summed E-state index contributed by atoms with van der Waals surface area (Å²) in [5.74, 6) is 0. The minimum atomic E-state index is 1.14. The van der Waals surface area contributed by atoms with Gasteiger partial charge in [-0.3, -0.25) is 0 Å². The van der Waals surface area contributed by atoms with Crippen molar-refractivity contribution in [2.75, 3.05) is 0 Å². The van der Waals surface area contributed by atoms with E-state index < -0.39 is 0 Å². The van der Waals surface area contributed by atoms with Crippen molar-refractivity contribution in [2.24, 2.45) is 7.05 Å². The normalized spacial score (nSPS) is 9.43. The maximum absolute atomic E-state index is 4.81. The third-order valence-corrected chi connectivity index (χ3v) is 1.01. The molecule has 1 heterocycles. The van der Waals surface area contributed by atoms with E-state index in [2.05, 4.69) is 0 Å². The molecule has 7 heavy (non-hydrogen) atoms. The Kier molecular flexibility index (Phi) is 0.855. The second kappa shape index (κ2) is 1.37. The monoisotopic (exact) mass is 98.1 g/mol. The van der Waals surface area contributed by atoms with Crippen LogP contribution in [0.5, 0.6) is 0 Å². The van der Waals surface area contributed by atoms with E-state index in [4.69, 9.17) is 4.42 Å². The van der Waals surface area contributed by atoms with E-state index in [9.17, 15) is 0 Å². The summed E-state index contributed by atoms with van der Waals surface area (Å²) in [6.07, 6.45) is 3.37. The zero-order valence-corrected chi connectivity index (χ0v) is 4.51. The highest BCUT2D eigenvalue weighted by molar-refractivity contribution is 4.74. The van der Waals surface area contributed by atoms with Crippen molar-refractivity contribution in [3.8, 4) is 0 Å². The first kappa shape index (κ1) is 4.37. The van der Waals surface area contributed by atoms with E-state index >= 15 is 0 Å². The van der Waals surface area contributed by atoms with Crippen LogP contribution in [0.1, 0.15) is 5.69 Å². The van der Waals surface area contributed by atoms with Crippen LogP contribution in [0.2, 0.25) is 0 Å². The summed E-state index contributed by atoms with van der Waals surface area (Å²) in [4.78, 5) is 0. The smallest absolute Gasteiger partial charge is 0.334 e. The molecule has 0 unspecified atom stereocenters. The second-order valence-electron chi connectivity index (χ2n) is 1.61. The first-order valence-electron chi connectivity index (χ1n) is 2.19. The quantitative estimate of drug-likeness (QED) is 0.429. The molecule has 2 nitrogen and oxygen atoms in total. The number of hydrogen-bond acceptors (Lipinski definition) is 1. The van der Waals surface area contributed by atoms with Gasteiger partial charge in [0.05, 0.1) is 0 Å². The number of rotatable bonds is 0. The molecule has 0 bridgehead atoms. The highest BCUT2D eigenvalue weighted by atomic mass is 16.3. The average Bonchev–Trinajstić information content (AvgIpc) is 1.91. The third kappa shape index (κ3) is 0.633. The predicted molar refractivity (Wildman–Crippen MR) is 24.6 cm³/mol. The lowest BCUT2D eigenvalue weighted by Gasteiger charge is -1.71. The Morgan fingerprint density at radius 3 is 2.57 bits per heavy atom. The molecule has 0 spiro atoms. The summed E-state index contributed by atoms with van der Waals surface area (Å²) in [7, 11) is 1.94. The van der Waals surface area contributed by atoms with Gasteiger partial charge in [-0.05, 0) is 0 Å². The fourth-order valence-electron chi connectivity index (χ4n) is 0.386. The van der Waals surface area contributed by atoms with E-state index in [0.717, 1.165) is 5.69 Å². The topological polar surface area (TPSA) is 17.0 Å². The highest BCUT2D eigenvalue weighted by Gasteiger charge is 1.97. The van der Waals surface area contributed by atoms with Crippen molar-refractivity contribution in [3.05, 3.63) is 18.4 Å². The molecule has 2 heteroatoms. The maximum Gasteiger partial charge on any atom is 0.334 e. The summed E-state index contributed by atoms with van der Waals surface area (Å²) >= 11 is 0. The van der Waals surface area contributed by atoms with Crippen molar-refractivity contribution in [1.29, 1.82) is 0 Å². The Balaban J connectivity index is 3.12. The number of aromatic nitrogens is 1. The highest BCUT2D eigenvalue weighted by Crippen LogP contribution is 1.83. The van der Waals surface area contributed by atoms with Gasteiger partial charge in [0.25, 0.3) is 0 Å². The molecule has 0 atom stereocenters. The number of hydrogen-bond donors (Lipinski definition) is 0. The van der Waals surface area contributed by atoms with Crippen LogP contribution < -0.4 is 4.57 Å². The lowest BCUT2D eigenvalue weighted by molar-refractivity contribution is -0.680. The Hall–Kier alpha value is -0.790. The summed E-state index contributed by atoms with van der Waals surface area (Å²) in [5.41, 5.74) is 1.14. The van der Waals surface area contributed by atoms with Crippen LogP contribution in [0.15, 0.2) is 17.1 Å². The van der Waals surface area contributed by atoms with Crippen LogP contribution >= 0.6 is 0 Å². The van der Waals surface area contributed by atoms with Gasteiger partial charge in [0.2, 0.25) is 5.69 Å². The summed E-state index contributed by atoms with van der Waals surface area (Å²) in [6.45, 7) is 1.99. The van der Waals surface area contributed by atoms with Gasteiger partial charge in [0, 0.05) is 6.92 Å². The van der Waals surface area contributed by atoms with Crippen LogP contribution in [0, 0.1) is 6.92 Å². The van der Waals surface area contributed by atoms with Crippen molar-refractivity contribution >= 4 is 0 Å². The minimum Gasteiger partial charge on any atom is -0.412 e. The average molecular weight is 98.1 g/mol. The van der Waals surface area contributed by atoms with Crippen molar-refractivity contribution in [3.63, 3.8) is 0 Å². The molecule has 1 rings (SSSR count). The molecular weight excluding hydrogens is 90.1 g/mol. The molecule has 1 aromatic rings. The van der Waals surface area contributed by atoms with Gasteiger partial charge in [-0.2, -0.15) is 4.57 Å². The molecule has 0 aliphatic carbocycles. The predicted octanol–water partition coefficient (Wildman–Crippen LogP) is 0.413. The van der Waals surface area contributed by atoms with Gasteiger partial charge in [-0.1, -0.05) is 0 Å². The lowest BCUT2D eigenvalue weighted by Crippen LogP contribution is -2.27. The summed E-state index contributed by atoms with van der Waals surface area (Å²) in [6, 6.07) is 0. The molecule has 0 N–H and O–H groups in total. The first-order chi connectivity index (χ1) is 3.30. The number of aryl methyl sites for hydroxylation is 2. The molecule has 0 saturated heterocycles. The van der Waals surface area contributed by atoms with Gasteiger partial charge in [0.15, 0.2) is 6.26 Å². The van der Waals surface area contributed by atoms with Gasteiger partial charge >= 0.3 is 6.39 Å². The van der Waals surface area contributed by atoms with Crippen LogP contribution in [0.4, 0.5) is 0 Å². The summed E-state index contributed by atoms with van der Waals surface area (Å²) in [5, 5.41) is 0. The van der Waals surface area contributed by atoms with Crippen molar-refractivity contribution in [1.82, 2.24) is 0 Å². The molecule has 0 aliphatic heterocycles. The summed E-state index contributed by atoms with van der Waals surface area (Å²) < 4.78 is 6.72. The van der Waals surface area contributed by atoms with Crippen LogP contribution in [0.25, 0.3) is 0 Å². The van der Waals surface area contributed by atoms with Gasteiger partial charge < -0.3 is 4.42 Å². The molecular formula is C5H8NO+. The van der Waals surface area contributed by atoms with Crippen LogP contribution in [-0.4, -0.2) is 0 Å². The Morgan fingerprint density at radius 1 is 1.71 bits per heavy atom. The van der Waals surface area contributed by atoms with Crippen LogP contribution in [0.3, 0.4) is 0 Å². The van der Waals surface area contributed by atoms with E-state index in [1.165, 1.54) is 0 Å². The molecule has 0 saturated carbocycles. The van der Waals surface area contributed by atoms with E-state index in [1.807, 2.05) is 18.5 Å². The van der Waals surface area contributed by atoms with E-state index in [0.29, 0.717) is 0 Å². The zero-order chi connectivity index (χ0) is 5.28. The Morgan fingerprint density at radius 2 is 2.43 bits per heavy atom. The van der Waals surface area contributed by atoms with Crippen molar-refractivity contribution in [2.45, 2.75) is 6.92 Å². The van der Waals surface area contributed by atoms with Gasteiger partial charge in [0.1, 0.15) is 7.05 Å². The first-order valence-corrected chi connectivity index (χ1v) is 2.19. The van der Waals surface area contributed by atoms with E-state index in [-0.39, 0.29) is 0 Å². The standard InChI is InChI=1S/C5H8NO/c1-5-3-7-4-6(5)2/h3-4H,1-2H3/q+1. The molecule has 1 aromatic heterocycles. The van der Waals surface area contributed by atoms with Crippen LogP contribution in [-0.2, 0) is 7.05 Å². The molecule has 0 fully saturated rings. The fourth-order valence-corrected chi connectivity index (χ4v) is 0.386. The molecule has 0 aliphatic rings. The van der Waals surface area contributed by atoms with Crippen molar-refractivity contribution < 1.29 is 8.98 Å².